The SMILES string of the molecule is O=C1NC(=O)/C(=C/c2cnn(-c3ccccc3)c2)S1. The van der Waals surface area contributed by atoms with Crippen molar-refractivity contribution in [2.24, 2.45) is 0 Å². The molecule has 5 nitrogen and oxygen atoms in total. The lowest BCUT2D eigenvalue weighted by molar-refractivity contribution is -0.115. The molecule has 1 saturated heterocycles. The zero-order valence-corrected chi connectivity index (χ0v) is 10.6. The number of carbonyl (C=O) groups is 2. The highest BCUT2D eigenvalue weighted by Gasteiger charge is 2.25. The Labute approximate surface area is 113 Å². The molecule has 1 aliphatic rings. The zero-order valence-electron chi connectivity index (χ0n) is 9.74. The van der Waals surface area contributed by atoms with Crippen LogP contribution in [0.25, 0.3) is 11.8 Å². The Bertz CT molecular complexity index is 676. The Kier molecular flexibility index (Phi) is 2.92. The lowest BCUT2D eigenvalue weighted by Gasteiger charge is -1.98. The third-order valence-corrected chi connectivity index (χ3v) is 3.37. The molecule has 0 unspecified atom stereocenters. The van der Waals surface area contributed by atoms with Gasteiger partial charge < -0.3 is 0 Å². The van der Waals surface area contributed by atoms with Gasteiger partial charge in [0.15, 0.2) is 0 Å². The van der Waals surface area contributed by atoms with Crippen molar-refractivity contribution >= 4 is 29.0 Å². The monoisotopic (exact) mass is 271 g/mol. The van der Waals surface area contributed by atoms with E-state index in [2.05, 4.69) is 10.4 Å². The minimum absolute atomic E-state index is 0.341. The Balaban J connectivity index is 1.89. The first kappa shape index (κ1) is 11.7. The Morgan fingerprint density at radius 3 is 2.68 bits per heavy atom. The van der Waals surface area contributed by atoms with E-state index in [9.17, 15) is 9.59 Å². The van der Waals surface area contributed by atoms with Gasteiger partial charge in [-0.3, -0.25) is 14.9 Å². The number of rotatable bonds is 2. The fourth-order valence-corrected chi connectivity index (χ4v) is 2.39. The van der Waals surface area contributed by atoms with Crippen LogP contribution < -0.4 is 5.32 Å². The molecule has 1 fully saturated rings. The van der Waals surface area contributed by atoms with E-state index >= 15 is 0 Å². The van der Waals surface area contributed by atoms with Gasteiger partial charge in [-0.2, -0.15) is 5.10 Å². The maximum absolute atomic E-state index is 11.4. The van der Waals surface area contributed by atoms with Crippen molar-refractivity contribution in [3.05, 3.63) is 53.2 Å². The molecule has 6 heteroatoms. The van der Waals surface area contributed by atoms with E-state index in [1.54, 1.807) is 23.2 Å². The lowest BCUT2D eigenvalue weighted by Crippen LogP contribution is -2.17. The van der Waals surface area contributed by atoms with Gasteiger partial charge in [-0.25, -0.2) is 4.68 Å². The van der Waals surface area contributed by atoms with Crippen LogP contribution in [0, 0.1) is 0 Å². The number of imide groups is 1. The average Bonchev–Trinajstić information content (AvgIpc) is 2.99. The van der Waals surface area contributed by atoms with E-state index in [4.69, 9.17) is 0 Å². The Hall–Kier alpha value is -2.34. The maximum atomic E-state index is 11.4. The number of carbonyl (C=O) groups excluding carboxylic acids is 2. The highest BCUT2D eigenvalue weighted by atomic mass is 32.2. The molecule has 1 aromatic heterocycles. The molecular weight excluding hydrogens is 262 g/mol. The molecule has 0 bridgehead atoms. The van der Waals surface area contributed by atoms with E-state index in [0.717, 1.165) is 23.0 Å². The third-order valence-electron chi connectivity index (χ3n) is 2.56. The summed E-state index contributed by atoms with van der Waals surface area (Å²) in [5.41, 5.74) is 1.71. The molecule has 19 heavy (non-hydrogen) atoms. The standard InChI is InChI=1S/C13H9N3O2S/c17-12-11(19-13(18)15-12)6-9-7-14-16(8-9)10-4-2-1-3-5-10/h1-8H,(H,15,17,18)/b11-6-. The second-order valence-corrected chi connectivity index (χ2v) is 4.92. The van der Waals surface area contributed by atoms with Crippen LogP contribution in [0.15, 0.2) is 47.6 Å². The quantitative estimate of drug-likeness (QED) is 0.850. The van der Waals surface area contributed by atoms with Crippen LogP contribution in [-0.4, -0.2) is 20.9 Å². The number of benzene rings is 1. The van der Waals surface area contributed by atoms with Crippen LogP contribution in [0.2, 0.25) is 0 Å². The topological polar surface area (TPSA) is 64.0 Å². The van der Waals surface area contributed by atoms with Gasteiger partial charge in [-0.1, -0.05) is 18.2 Å². The van der Waals surface area contributed by atoms with Gasteiger partial charge in [0, 0.05) is 11.8 Å². The molecule has 0 atom stereocenters. The smallest absolute Gasteiger partial charge is 0.282 e. The first-order valence-electron chi connectivity index (χ1n) is 5.57. The third kappa shape index (κ3) is 2.43. The molecule has 0 saturated carbocycles. The second-order valence-electron chi connectivity index (χ2n) is 3.91. The van der Waals surface area contributed by atoms with E-state index < -0.39 is 0 Å². The highest BCUT2D eigenvalue weighted by Crippen LogP contribution is 2.25. The molecule has 1 aromatic carbocycles. The predicted octanol–water partition coefficient (Wildman–Crippen LogP) is 2.20. The molecule has 94 valence electrons. The number of hydrogen-bond acceptors (Lipinski definition) is 4. The summed E-state index contributed by atoms with van der Waals surface area (Å²) in [7, 11) is 0. The van der Waals surface area contributed by atoms with Crippen molar-refractivity contribution in [3.8, 4) is 5.69 Å². The fraction of sp³-hybridized carbons (Fsp3) is 0. The fourth-order valence-electron chi connectivity index (χ4n) is 1.71. The number of hydrogen-bond donors (Lipinski definition) is 1. The Morgan fingerprint density at radius 2 is 2.00 bits per heavy atom. The van der Waals surface area contributed by atoms with Gasteiger partial charge in [0.25, 0.3) is 11.1 Å². The summed E-state index contributed by atoms with van der Waals surface area (Å²) in [5, 5.41) is 6.09. The van der Waals surface area contributed by atoms with Crippen molar-refractivity contribution in [1.82, 2.24) is 15.1 Å². The number of thioether (sulfide) groups is 1. The van der Waals surface area contributed by atoms with Crippen LogP contribution in [0.4, 0.5) is 4.79 Å². The molecule has 0 radical (unpaired) electrons. The molecule has 2 amide bonds. The van der Waals surface area contributed by atoms with Crippen LogP contribution in [-0.2, 0) is 4.79 Å². The molecule has 2 aromatic rings. The van der Waals surface area contributed by atoms with Gasteiger partial charge in [0.05, 0.1) is 16.8 Å². The van der Waals surface area contributed by atoms with Crippen LogP contribution in [0.3, 0.4) is 0 Å². The normalized spacial score (nSPS) is 16.9. The summed E-state index contributed by atoms with van der Waals surface area (Å²) in [4.78, 5) is 22.9. The largest absolute Gasteiger partial charge is 0.290 e. The highest BCUT2D eigenvalue weighted by molar-refractivity contribution is 8.18. The van der Waals surface area contributed by atoms with E-state index in [1.807, 2.05) is 30.3 Å². The zero-order chi connectivity index (χ0) is 13.2. The number of aromatic nitrogens is 2. The van der Waals surface area contributed by atoms with Gasteiger partial charge >= 0.3 is 0 Å². The maximum Gasteiger partial charge on any atom is 0.290 e. The molecule has 1 N–H and O–H groups in total. The summed E-state index contributed by atoms with van der Waals surface area (Å²) in [6.07, 6.45) is 5.10. The van der Waals surface area contributed by atoms with Crippen molar-refractivity contribution in [1.29, 1.82) is 0 Å². The number of para-hydroxylation sites is 1. The van der Waals surface area contributed by atoms with Gasteiger partial charge in [0.1, 0.15) is 0 Å². The minimum atomic E-state index is -0.359. The summed E-state index contributed by atoms with van der Waals surface area (Å²) in [6.45, 7) is 0. The van der Waals surface area contributed by atoms with Crippen molar-refractivity contribution in [2.45, 2.75) is 0 Å². The number of nitrogens with zero attached hydrogens (tertiary/aromatic N) is 2. The number of amides is 2. The van der Waals surface area contributed by atoms with E-state index in [0.29, 0.717) is 4.91 Å². The molecule has 0 spiro atoms. The van der Waals surface area contributed by atoms with Crippen molar-refractivity contribution < 1.29 is 9.59 Å². The molecule has 2 heterocycles. The molecule has 0 aliphatic carbocycles. The minimum Gasteiger partial charge on any atom is -0.282 e. The summed E-state index contributed by atoms with van der Waals surface area (Å²) < 4.78 is 1.71. The Morgan fingerprint density at radius 1 is 1.21 bits per heavy atom. The predicted molar refractivity (Wildman–Crippen MR) is 72.7 cm³/mol. The molecule has 1 aliphatic heterocycles. The first-order chi connectivity index (χ1) is 9.22. The van der Waals surface area contributed by atoms with E-state index in [-0.39, 0.29) is 11.1 Å². The van der Waals surface area contributed by atoms with Crippen LogP contribution in [0.5, 0.6) is 0 Å². The summed E-state index contributed by atoms with van der Waals surface area (Å²) >= 11 is 0.898. The van der Waals surface area contributed by atoms with Crippen LogP contribution >= 0.6 is 11.8 Å². The van der Waals surface area contributed by atoms with Crippen molar-refractivity contribution in [3.63, 3.8) is 0 Å². The average molecular weight is 271 g/mol. The first-order valence-corrected chi connectivity index (χ1v) is 6.39. The van der Waals surface area contributed by atoms with Crippen LogP contribution in [0.1, 0.15) is 5.56 Å². The lowest BCUT2D eigenvalue weighted by atomic mass is 10.3. The summed E-state index contributed by atoms with van der Waals surface area (Å²) in [6, 6.07) is 9.65. The molecular formula is C13H9N3O2S. The van der Waals surface area contributed by atoms with Gasteiger partial charge in [0.2, 0.25) is 0 Å². The van der Waals surface area contributed by atoms with E-state index in [1.165, 1.54) is 0 Å². The number of nitrogens with one attached hydrogen (secondary N) is 1. The van der Waals surface area contributed by atoms with Crippen molar-refractivity contribution in [2.75, 3.05) is 0 Å². The summed E-state index contributed by atoms with van der Waals surface area (Å²) in [5.74, 6) is -0.359. The molecule has 3 rings (SSSR count). The van der Waals surface area contributed by atoms with Gasteiger partial charge in [-0.05, 0) is 30.0 Å². The van der Waals surface area contributed by atoms with Gasteiger partial charge in [-0.15, -0.1) is 0 Å². The second kappa shape index (κ2) is 4.74.